The first-order valence-electron chi connectivity index (χ1n) is 11.6. The number of anilines is 2. The quantitative estimate of drug-likeness (QED) is 0.633. The summed E-state index contributed by atoms with van der Waals surface area (Å²) in [5.74, 6) is -0.442. The zero-order valence-electron chi connectivity index (χ0n) is 20.1. The Kier molecular flexibility index (Phi) is 6.49. The van der Waals surface area contributed by atoms with Gasteiger partial charge < -0.3 is 25.6 Å². The number of fused-ring (bicyclic) bond motifs is 1. The molecule has 3 N–H and O–H groups in total. The van der Waals surface area contributed by atoms with Crippen LogP contribution in [0.25, 0.3) is 0 Å². The summed E-state index contributed by atoms with van der Waals surface area (Å²) in [7, 11) is 1.88. The number of carbonyl (C=O) groups excluding carboxylic acids is 3. The first kappa shape index (κ1) is 23.6. The van der Waals surface area contributed by atoms with Crippen LogP contribution in [0.1, 0.15) is 49.5 Å². The average molecular weight is 469 g/mol. The highest BCUT2D eigenvalue weighted by Gasteiger charge is 2.29. The van der Waals surface area contributed by atoms with Crippen LogP contribution in [0, 0.1) is 0 Å². The molecule has 1 saturated heterocycles. The predicted octanol–water partition coefficient (Wildman–Crippen LogP) is 2.21. The van der Waals surface area contributed by atoms with Gasteiger partial charge in [-0.05, 0) is 63.8 Å². The van der Waals surface area contributed by atoms with Crippen molar-refractivity contribution < 1.29 is 19.1 Å². The Balaban J connectivity index is 1.36. The lowest BCUT2D eigenvalue weighted by atomic mass is 10.0. The molecule has 0 saturated carbocycles. The van der Waals surface area contributed by atoms with E-state index in [4.69, 9.17) is 4.74 Å². The fourth-order valence-electron chi connectivity index (χ4n) is 4.25. The maximum absolute atomic E-state index is 12.9. The molecule has 182 valence electrons. The fraction of sp³-hybridized carbons (Fsp3) is 0.500. The van der Waals surface area contributed by atoms with Crippen molar-refractivity contribution >= 4 is 29.3 Å². The van der Waals surface area contributed by atoms with Crippen LogP contribution in [0.4, 0.5) is 16.2 Å². The SMILES string of the molecule is Cn1cc(N2CCC(NC(=O)c3ccc4c(c3)CCC(NC(=O)OC(C)(C)C)C(=O)N4)C2)cn1. The summed E-state index contributed by atoms with van der Waals surface area (Å²) in [6.45, 7) is 6.90. The van der Waals surface area contributed by atoms with Gasteiger partial charge in [0.25, 0.3) is 5.91 Å². The average Bonchev–Trinajstić information content (AvgIpc) is 3.35. The van der Waals surface area contributed by atoms with Crippen molar-refractivity contribution in [2.75, 3.05) is 23.3 Å². The van der Waals surface area contributed by atoms with Gasteiger partial charge in [-0.3, -0.25) is 14.3 Å². The Morgan fingerprint density at radius 2 is 2.00 bits per heavy atom. The van der Waals surface area contributed by atoms with Crippen LogP contribution in [0.5, 0.6) is 0 Å². The van der Waals surface area contributed by atoms with E-state index in [1.54, 1.807) is 37.6 Å². The summed E-state index contributed by atoms with van der Waals surface area (Å²) in [4.78, 5) is 39.8. The lowest BCUT2D eigenvalue weighted by Gasteiger charge is -2.22. The number of nitrogens with zero attached hydrogens (tertiary/aromatic N) is 3. The second-order valence-corrected chi connectivity index (χ2v) is 9.88. The van der Waals surface area contributed by atoms with Gasteiger partial charge in [-0.25, -0.2) is 4.79 Å². The summed E-state index contributed by atoms with van der Waals surface area (Å²) >= 11 is 0. The molecule has 34 heavy (non-hydrogen) atoms. The van der Waals surface area contributed by atoms with E-state index in [1.807, 2.05) is 25.5 Å². The van der Waals surface area contributed by atoms with E-state index in [1.165, 1.54) is 0 Å². The summed E-state index contributed by atoms with van der Waals surface area (Å²) in [6.07, 6.45) is 4.97. The van der Waals surface area contributed by atoms with E-state index in [-0.39, 0.29) is 17.9 Å². The van der Waals surface area contributed by atoms with E-state index in [0.717, 1.165) is 30.8 Å². The van der Waals surface area contributed by atoms with Crippen LogP contribution in [-0.4, -0.2) is 58.5 Å². The number of hydrogen-bond acceptors (Lipinski definition) is 6. The molecular formula is C24H32N6O4. The van der Waals surface area contributed by atoms with Crippen molar-refractivity contribution in [1.29, 1.82) is 0 Å². The molecule has 0 bridgehead atoms. The van der Waals surface area contributed by atoms with Gasteiger partial charge in [-0.2, -0.15) is 5.10 Å². The summed E-state index contributed by atoms with van der Waals surface area (Å²) < 4.78 is 7.03. The van der Waals surface area contributed by atoms with Gasteiger partial charge in [0, 0.05) is 43.6 Å². The molecule has 0 aliphatic carbocycles. The standard InChI is InChI=1S/C24H32N6O4/c1-24(2,3)34-23(33)28-20-8-5-15-11-16(6-7-19(15)27-22(20)32)21(31)26-17-9-10-30(13-17)18-12-25-29(4)14-18/h6-7,11-12,14,17,20H,5,8-10,13H2,1-4H3,(H,26,31)(H,27,32)(H,28,33). The van der Waals surface area contributed by atoms with Crippen molar-refractivity contribution in [2.45, 2.75) is 57.7 Å². The Morgan fingerprint density at radius 3 is 2.71 bits per heavy atom. The normalized spacial score (nSPS) is 20.2. The zero-order valence-corrected chi connectivity index (χ0v) is 20.1. The number of aromatic nitrogens is 2. The predicted molar refractivity (Wildman–Crippen MR) is 128 cm³/mol. The molecule has 2 atom stereocenters. The molecule has 0 spiro atoms. The maximum Gasteiger partial charge on any atom is 0.408 e. The molecule has 3 amide bonds. The van der Waals surface area contributed by atoms with Crippen LogP contribution < -0.4 is 20.9 Å². The van der Waals surface area contributed by atoms with E-state index < -0.39 is 17.7 Å². The number of aryl methyl sites for hydroxylation is 2. The molecule has 1 fully saturated rings. The molecule has 1 aromatic heterocycles. The summed E-state index contributed by atoms with van der Waals surface area (Å²) in [5.41, 5.74) is 2.46. The van der Waals surface area contributed by atoms with Gasteiger partial charge in [-0.15, -0.1) is 0 Å². The largest absolute Gasteiger partial charge is 0.444 e. The van der Waals surface area contributed by atoms with Crippen molar-refractivity contribution in [3.8, 4) is 0 Å². The number of rotatable bonds is 4. The van der Waals surface area contributed by atoms with E-state index in [0.29, 0.717) is 24.1 Å². The highest BCUT2D eigenvalue weighted by molar-refractivity contribution is 5.99. The lowest BCUT2D eigenvalue weighted by Crippen LogP contribution is -2.45. The highest BCUT2D eigenvalue weighted by atomic mass is 16.6. The molecule has 10 nitrogen and oxygen atoms in total. The Hall–Kier alpha value is -3.56. The molecule has 0 radical (unpaired) electrons. The smallest absolute Gasteiger partial charge is 0.408 e. The minimum Gasteiger partial charge on any atom is -0.444 e. The monoisotopic (exact) mass is 468 g/mol. The molecule has 2 aliphatic heterocycles. The zero-order chi connectivity index (χ0) is 24.5. The molecule has 3 heterocycles. The van der Waals surface area contributed by atoms with Crippen LogP contribution in [-0.2, 0) is 23.0 Å². The number of alkyl carbamates (subject to hydrolysis) is 1. The number of amides is 3. The topological polar surface area (TPSA) is 118 Å². The third-order valence-corrected chi connectivity index (χ3v) is 5.91. The first-order valence-corrected chi connectivity index (χ1v) is 11.6. The minimum absolute atomic E-state index is 0.0497. The highest BCUT2D eigenvalue weighted by Crippen LogP contribution is 2.25. The summed E-state index contributed by atoms with van der Waals surface area (Å²) in [6, 6.07) is 4.61. The van der Waals surface area contributed by atoms with Crippen LogP contribution in [0.3, 0.4) is 0 Å². The number of carbonyl (C=O) groups is 3. The molecule has 2 aliphatic rings. The van der Waals surface area contributed by atoms with Gasteiger partial charge in [0.05, 0.1) is 11.9 Å². The van der Waals surface area contributed by atoms with Gasteiger partial charge in [0.2, 0.25) is 5.91 Å². The van der Waals surface area contributed by atoms with E-state index in [2.05, 4.69) is 25.9 Å². The van der Waals surface area contributed by atoms with Gasteiger partial charge in [-0.1, -0.05) is 0 Å². The van der Waals surface area contributed by atoms with Crippen LogP contribution in [0.15, 0.2) is 30.6 Å². The van der Waals surface area contributed by atoms with Crippen molar-refractivity contribution in [3.63, 3.8) is 0 Å². The molecule has 4 rings (SSSR count). The van der Waals surface area contributed by atoms with E-state index >= 15 is 0 Å². The Labute approximate surface area is 199 Å². The van der Waals surface area contributed by atoms with E-state index in [9.17, 15) is 14.4 Å². The van der Waals surface area contributed by atoms with Gasteiger partial charge in [0.15, 0.2) is 0 Å². The number of nitrogens with one attached hydrogen (secondary N) is 3. The fourth-order valence-corrected chi connectivity index (χ4v) is 4.25. The molecule has 2 aromatic rings. The second-order valence-electron chi connectivity index (χ2n) is 9.88. The lowest BCUT2D eigenvalue weighted by molar-refractivity contribution is -0.118. The third-order valence-electron chi connectivity index (χ3n) is 5.91. The van der Waals surface area contributed by atoms with Gasteiger partial charge >= 0.3 is 6.09 Å². The van der Waals surface area contributed by atoms with Crippen molar-refractivity contribution in [1.82, 2.24) is 20.4 Å². The number of ether oxygens (including phenoxy) is 1. The molecular weight excluding hydrogens is 436 g/mol. The first-order chi connectivity index (χ1) is 16.1. The number of hydrogen-bond donors (Lipinski definition) is 3. The Bertz CT molecular complexity index is 1090. The summed E-state index contributed by atoms with van der Waals surface area (Å²) in [5, 5.41) is 12.8. The van der Waals surface area contributed by atoms with Crippen molar-refractivity contribution in [2.24, 2.45) is 7.05 Å². The van der Waals surface area contributed by atoms with Gasteiger partial charge in [0.1, 0.15) is 11.6 Å². The van der Waals surface area contributed by atoms with Crippen LogP contribution in [0.2, 0.25) is 0 Å². The third kappa shape index (κ3) is 5.67. The van der Waals surface area contributed by atoms with Crippen LogP contribution >= 0.6 is 0 Å². The van der Waals surface area contributed by atoms with Crippen molar-refractivity contribution in [3.05, 3.63) is 41.7 Å². The maximum atomic E-state index is 12.9. The minimum atomic E-state index is -0.712. The molecule has 1 aromatic carbocycles. The molecule has 10 heteroatoms. The number of benzene rings is 1. The molecule has 2 unspecified atom stereocenters. The second kappa shape index (κ2) is 9.36. The Morgan fingerprint density at radius 1 is 1.21 bits per heavy atom.